The Kier molecular flexibility index (Phi) is 4.23. The summed E-state index contributed by atoms with van der Waals surface area (Å²) in [4.78, 5) is 0. The van der Waals surface area contributed by atoms with Gasteiger partial charge in [-0.1, -0.05) is 47.0 Å². The lowest BCUT2D eigenvalue weighted by atomic mass is 9.91. The SMILES string of the molecule is CC(CO)(NC1CCCC1)c1ccccc1Br. The summed E-state index contributed by atoms with van der Waals surface area (Å²) in [5, 5.41) is 13.4. The van der Waals surface area contributed by atoms with Crippen LogP contribution in [0.5, 0.6) is 0 Å². The second kappa shape index (κ2) is 5.51. The Morgan fingerprint density at radius 3 is 2.59 bits per heavy atom. The summed E-state index contributed by atoms with van der Waals surface area (Å²) in [6.45, 7) is 2.19. The molecule has 0 bridgehead atoms. The van der Waals surface area contributed by atoms with Crippen molar-refractivity contribution < 1.29 is 5.11 Å². The smallest absolute Gasteiger partial charge is 0.0653 e. The number of aliphatic hydroxyl groups is 1. The van der Waals surface area contributed by atoms with E-state index in [9.17, 15) is 5.11 Å². The van der Waals surface area contributed by atoms with Crippen LogP contribution in [-0.4, -0.2) is 17.8 Å². The molecule has 1 aliphatic rings. The van der Waals surface area contributed by atoms with Gasteiger partial charge in [-0.15, -0.1) is 0 Å². The van der Waals surface area contributed by atoms with Gasteiger partial charge in [-0.25, -0.2) is 0 Å². The maximum absolute atomic E-state index is 9.74. The summed E-state index contributed by atoms with van der Waals surface area (Å²) in [6, 6.07) is 8.66. The minimum Gasteiger partial charge on any atom is -0.394 e. The van der Waals surface area contributed by atoms with Gasteiger partial charge in [0.1, 0.15) is 0 Å². The molecular weight excluding hydrogens is 278 g/mol. The van der Waals surface area contributed by atoms with Crippen molar-refractivity contribution in [1.29, 1.82) is 0 Å². The van der Waals surface area contributed by atoms with E-state index in [1.165, 1.54) is 25.7 Å². The van der Waals surface area contributed by atoms with Crippen molar-refractivity contribution in [3.8, 4) is 0 Å². The van der Waals surface area contributed by atoms with E-state index in [2.05, 4.69) is 34.2 Å². The van der Waals surface area contributed by atoms with Crippen LogP contribution in [0.3, 0.4) is 0 Å². The maximum Gasteiger partial charge on any atom is 0.0653 e. The van der Waals surface area contributed by atoms with Gasteiger partial charge in [-0.2, -0.15) is 0 Å². The van der Waals surface area contributed by atoms with Gasteiger partial charge in [-0.3, -0.25) is 0 Å². The fraction of sp³-hybridized carbons (Fsp3) is 0.571. The molecule has 17 heavy (non-hydrogen) atoms. The van der Waals surface area contributed by atoms with E-state index in [-0.39, 0.29) is 12.1 Å². The number of hydrogen-bond donors (Lipinski definition) is 2. The summed E-state index contributed by atoms with van der Waals surface area (Å²) >= 11 is 3.57. The van der Waals surface area contributed by atoms with Crippen LogP contribution in [0.15, 0.2) is 28.7 Å². The third-order valence-electron chi connectivity index (χ3n) is 3.66. The van der Waals surface area contributed by atoms with Crippen molar-refractivity contribution in [1.82, 2.24) is 5.32 Å². The predicted molar refractivity (Wildman–Crippen MR) is 74.0 cm³/mol. The lowest BCUT2D eigenvalue weighted by Gasteiger charge is -2.33. The summed E-state index contributed by atoms with van der Waals surface area (Å²) in [7, 11) is 0. The second-order valence-electron chi connectivity index (χ2n) is 5.10. The zero-order valence-corrected chi connectivity index (χ0v) is 11.8. The molecule has 1 unspecified atom stereocenters. The predicted octanol–water partition coefficient (Wildman–Crippen LogP) is 3.19. The first kappa shape index (κ1) is 13.1. The minimum atomic E-state index is -0.352. The molecule has 2 nitrogen and oxygen atoms in total. The highest BCUT2D eigenvalue weighted by Gasteiger charge is 2.31. The van der Waals surface area contributed by atoms with Gasteiger partial charge in [0.2, 0.25) is 0 Å². The number of hydrogen-bond acceptors (Lipinski definition) is 2. The molecule has 0 spiro atoms. The maximum atomic E-state index is 9.74. The third-order valence-corrected chi connectivity index (χ3v) is 4.35. The summed E-state index contributed by atoms with van der Waals surface area (Å²) < 4.78 is 1.06. The highest BCUT2D eigenvalue weighted by molar-refractivity contribution is 9.10. The van der Waals surface area contributed by atoms with Gasteiger partial charge in [0.05, 0.1) is 12.1 Å². The molecule has 1 saturated carbocycles. The Morgan fingerprint density at radius 2 is 2.00 bits per heavy atom. The van der Waals surface area contributed by atoms with Gasteiger partial charge < -0.3 is 10.4 Å². The molecule has 0 radical (unpaired) electrons. The molecule has 1 atom stereocenters. The normalized spacial score (nSPS) is 20.4. The van der Waals surface area contributed by atoms with Crippen LogP contribution in [0.4, 0.5) is 0 Å². The average Bonchev–Trinajstić information content (AvgIpc) is 2.82. The van der Waals surface area contributed by atoms with Crippen molar-refractivity contribution in [2.45, 2.75) is 44.2 Å². The molecule has 2 rings (SSSR count). The fourth-order valence-electron chi connectivity index (χ4n) is 2.64. The van der Waals surface area contributed by atoms with Crippen molar-refractivity contribution >= 4 is 15.9 Å². The van der Waals surface area contributed by atoms with Crippen LogP contribution in [-0.2, 0) is 5.54 Å². The van der Waals surface area contributed by atoms with E-state index < -0.39 is 0 Å². The number of nitrogens with one attached hydrogen (secondary N) is 1. The van der Waals surface area contributed by atoms with Crippen LogP contribution >= 0.6 is 15.9 Å². The van der Waals surface area contributed by atoms with Gasteiger partial charge in [0, 0.05) is 10.5 Å². The second-order valence-corrected chi connectivity index (χ2v) is 5.95. The first-order valence-corrected chi connectivity index (χ1v) is 7.08. The molecule has 1 fully saturated rings. The minimum absolute atomic E-state index is 0.117. The van der Waals surface area contributed by atoms with Gasteiger partial charge in [-0.05, 0) is 31.4 Å². The molecule has 1 aromatic carbocycles. The van der Waals surface area contributed by atoms with Gasteiger partial charge >= 0.3 is 0 Å². The molecule has 2 N–H and O–H groups in total. The van der Waals surface area contributed by atoms with E-state index in [0.29, 0.717) is 6.04 Å². The molecule has 0 saturated heterocycles. The number of halogens is 1. The van der Waals surface area contributed by atoms with E-state index in [0.717, 1.165) is 10.0 Å². The first-order chi connectivity index (χ1) is 8.15. The summed E-state index contributed by atoms with van der Waals surface area (Å²) in [5.74, 6) is 0. The van der Waals surface area contributed by atoms with E-state index in [1.54, 1.807) is 0 Å². The van der Waals surface area contributed by atoms with Crippen LogP contribution in [0, 0.1) is 0 Å². The summed E-state index contributed by atoms with van der Waals surface area (Å²) in [6.07, 6.45) is 5.05. The molecule has 0 aliphatic heterocycles. The molecule has 94 valence electrons. The molecule has 1 aliphatic carbocycles. The Balaban J connectivity index is 2.20. The van der Waals surface area contributed by atoms with E-state index in [1.807, 2.05) is 18.2 Å². The van der Waals surface area contributed by atoms with Gasteiger partial charge in [0.15, 0.2) is 0 Å². The Labute approximate surface area is 112 Å². The van der Waals surface area contributed by atoms with Crippen LogP contribution < -0.4 is 5.32 Å². The van der Waals surface area contributed by atoms with E-state index in [4.69, 9.17) is 0 Å². The van der Waals surface area contributed by atoms with Crippen molar-refractivity contribution in [3.63, 3.8) is 0 Å². The van der Waals surface area contributed by atoms with Crippen LogP contribution in [0.1, 0.15) is 38.2 Å². The Hall–Kier alpha value is -0.380. The number of benzene rings is 1. The van der Waals surface area contributed by atoms with Crippen molar-refractivity contribution in [3.05, 3.63) is 34.3 Å². The van der Waals surface area contributed by atoms with Crippen LogP contribution in [0.25, 0.3) is 0 Å². The highest BCUT2D eigenvalue weighted by Crippen LogP contribution is 2.30. The molecule has 0 amide bonds. The highest BCUT2D eigenvalue weighted by atomic mass is 79.9. The Morgan fingerprint density at radius 1 is 1.35 bits per heavy atom. The molecular formula is C14H20BrNO. The molecule has 3 heteroatoms. The largest absolute Gasteiger partial charge is 0.394 e. The van der Waals surface area contributed by atoms with Crippen LogP contribution in [0.2, 0.25) is 0 Å². The summed E-state index contributed by atoms with van der Waals surface area (Å²) in [5.41, 5.74) is 0.782. The molecule has 0 heterocycles. The monoisotopic (exact) mass is 297 g/mol. The average molecular weight is 298 g/mol. The quantitative estimate of drug-likeness (QED) is 0.895. The van der Waals surface area contributed by atoms with E-state index >= 15 is 0 Å². The lowest BCUT2D eigenvalue weighted by Crippen LogP contribution is -2.47. The number of aliphatic hydroxyl groups excluding tert-OH is 1. The fourth-order valence-corrected chi connectivity index (χ4v) is 3.36. The lowest BCUT2D eigenvalue weighted by molar-refractivity contribution is 0.161. The Bertz CT molecular complexity index is 376. The van der Waals surface area contributed by atoms with Crippen molar-refractivity contribution in [2.24, 2.45) is 0 Å². The molecule has 1 aromatic rings. The standard InChI is InChI=1S/C14H20BrNO/c1-14(10-17,16-11-6-2-3-7-11)12-8-4-5-9-13(12)15/h4-5,8-9,11,16-17H,2-3,6-7,10H2,1H3. The topological polar surface area (TPSA) is 32.3 Å². The zero-order valence-electron chi connectivity index (χ0n) is 10.2. The van der Waals surface area contributed by atoms with Gasteiger partial charge in [0.25, 0.3) is 0 Å². The number of rotatable bonds is 4. The third kappa shape index (κ3) is 2.90. The first-order valence-electron chi connectivity index (χ1n) is 6.29. The molecule has 0 aromatic heterocycles. The van der Waals surface area contributed by atoms with Crippen molar-refractivity contribution in [2.75, 3.05) is 6.61 Å². The zero-order chi connectivity index (χ0) is 12.3.